The van der Waals surface area contributed by atoms with Crippen molar-refractivity contribution in [1.82, 2.24) is 0 Å². The zero-order valence-electron chi connectivity index (χ0n) is 13.2. The molecule has 0 spiro atoms. The SMILES string of the molecule is CSc1ccc(NC(=O)c2ccc(S(=O)(=O)C(C)C)cc2)cc1. The Morgan fingerprint density at radius 3 is 2.04 bits per heavy atom. The third-order valence-electron chi connectivity index (χ3n) is 3.41. The zero-order chi connectivity index (χ0) is 17.0. The maximum Gasteiger partial charge on any atom is 0.255 e. The first-order chi connectivity index (χ1) is 10.8. The van der Waals surface area contributed by atoms with Gasteiger partial charge in [0.2, 0.25) is 0 Å². The minimum atomic E-state index is -3.32. The molecule has 4 nitrogen and oxygen atoms in total. The van der Waals surface area contributed by atoms with E-state index in [1.54, 1.807) is 25.6 Å². The van der Waals surface area contributed by atoms with Gasteiger partial charge in [-0.15, -0.1) is 11.8 Å². The number of anilines is 1. The lowest BCUT2D eigenvalue weighted by atomic mass is 10.2. The Morgan fingerprint density at radius 1 is 1.00 bits per heavy atom. The number of benzene rings is 2. The van der Waals surface area contributed by atoms with Crippen molar-refractivity contribution in [3.8, 4) is 0 Å². The predicted molar refractivity (Wildman–Crippen MR) is 94.9 cm³/mol. The quantitative estimate of drug-likeness (QED) is 0.833. The second-order valence-corrected chi connectivity index (χ2v) is 8.68. The third kappa shape index (κ3) is 4.14. The fourth-order valence-electron chi connectivity index (χ4n) is 1.95. The van der Waals surface area contributed by atoms with Crippen molar-refractivity contribution < 1.29 is 13.2 Å². The Balaban J connectivity index is 2.14. The first kappa shape index (κ1) is 17.6. The minimum absolute atomic E-state index is 0.230. The molecule has 122 valence electrons. The summed E-state index contributed by atoms with van der Waals surface area (Å²) in [5, 5.41) is 2.30. The summed E-state index contributed by atoms with van der Waals surface area (Å²) >= 11 is 1.63. The van der Waals surface area contributed by atoms with Crippen LogP contribution in [0.25, 0.3) is 0 Å². The van der Waals surface area contributed by atoms with Crippen LogP contribution in [0.3, 0.4) is 0 Å². The maximum absolute atomic E-state index is 12.2. The van der Waals surface area contributed by atoms with Crippen LogP contribution in [0.4, 0.5) is 5.69 Å². The van der Waals surface area contributed by atoms with Crippen molar-refractivity contribution in [1.29, 1.82) is 0 Å². The van der Waals surface area contributed by atoms with E-state index < -0.39 is 15.1 Å². The van der Waals surface area contributed by atoms with Gasteiger partial charge >= 0.3 is 0 Å². The second kappa shape index (κ2) is 7.19. The molecule has 0 unspecified atom stereocenters. The van der Waals surface area contributed by atoms with Crippen LogP contribution in [0.15, 0.2) is 58.3 Å². The molecule has 2 rings (SSSR count). The molecule has 0 fully saturated rings. The molecule has 0 saturated heterocycles. The summed E-state index contributed by atoms with van der Waals surface area (Å²) in [5.74, 6) is -0.268. The van der Waals surface area contributed by atoms with Gasteiger partial charge in [0.25, 0.3) is 5.91 Å². The monoisotopic (exact) mass is 349 g/mol. The first-order valence-electron chi connectivity index (χ1n) is 7.14. The van der Waals surface area contributed by atoms with Crippen molar-refractivity contribution in [3.05, 3.63) is 54.1 Å². The summed E-state index contributed by atoms with van der Waals surface area (Å²) in [7, 11) is -3.32. The summed E-state index contributed by atoms with van der Waals surface area (Å²) in [6, 6.07) is 13.5. The van der Waals surface area contributed by atoms with E-state index in [9.17, 15) is 13.2 Å². The van der Waals surface area contributed by atoms with Crippen LogP contribution in [0, 0.1) is 0 Å². The van der Waals surface area contributed by atoms with Crippen LogP contribution >= 0.6 is 11.8 Å². The van der Waals surface area contributed by atoms with Gasteiger partial charge in [-0.2, -0.15) is 0 Å². The molecule has 2 aromatic carbocycles. The lowest BCUT2D eigenvalue weighted by Gasteiger charge is -2.09. The van der Waals surface area contributed by atoms with Gasteiger partial charge in [-0.05, 0) is 68.6 Å². The number of sulfone groups is 1. The van der Waals surface area contributed by atoms with Crippen molar-refractivity contribution in [2.45, 2.75) is 28.9 Å². The molecule has 2 aromatic rings. The largest absolute Gasteiger partial charge is 0.322 e. The number of rotatable bonds is 5. The smallest absolute Gasteiger partial charge is 0.255 e. The van der Waals surface area contributed by atoms with Gasteiger partial charge in [0.1, 0.15) is 0 Å². The van der Waals surface area contributed by atoms with E-state index in [0.29, 0.717) is 11.3 Å². The molecule has 0 bridgehead atoms. The Labute approximate surface area is 141 Å². The van der Waals surface area contributed by atoms with Crippen LogP contribution in [0.5, 0.6) is 0 Å². The van der Waals surface area contributed by atoms with Gasteiger partial charge < -0.3 is 5.32 Å². The number of hydrogen-bond acceptors (Lipinski definition) is 4. The Kier molecular flexibility index (Phi) is 5.49. The van der Waals surface area contributed by atoms with Gasteiger partial charge in [0, 0.05) is 16.1 Å². The van der Waals surface area contributed by atoms with Gasteiger partial charge in [-0.25, -0.2) is 8.42 Å². The van der Waals surface area contributed by atoms with E-state index >= 15 is 0 Å². The molecule has 0 heterocycles. The summed E-state index contributed by atoms with van der Waals surface area (Å²) in [6.45, 7) is 3.27. The van der Waals surface area contributed by atoms with E-state index in [-0.39, 0.29) is 10.8 Å². The normalized spacial score (nSPS) is 11.5. The summed E-state index contributed by atoms with van der Waals surface area (Å²) in [6.07, 6.45) is 1.99. The molecule has 0 aromatic heterocycles. The van der Waals surface area contributed by atoms with E-state index in [0.717, 1.165) is 4.90 Å². The predicted octanol–water partition coefficient (Wildman–Crippen LogP) is 3.84. The molecule has 0 saturated carbocycles. The number of nitrogens with one attached hydrogen (secondary N) is 1. The molecular formula is C17H19NO3S2. The van der Waals surface area contributed by atoms with E-state index in [2.05, 4.69) is 5.32 Å². The number of thioether (sulfide) groups is 1. The summed E-state index contributed by atoms with van der Waals surface area (Å²) in [5.41, 5.74) is 1.12. The molecule has 6 heteroatoms. The molecule has 0 aliphatic rings. The van der Waals surface area contributed by atoms with Gasteiger partial charge in [-0.1, -0.05) is 0 Å². The summed E-state index contributed by atoms with van der Waals surface area (Å²) in [4.78, 5) is 13.5. The van der Waals surface area contributed by atoms with E-state index in [1.807, 2.05) is 30.5 Å². The topological polar surface area (TPSA) is 63.2 Å². The average molecular weight is 349 g/mol. The highest BCUT2D eigenvalue weighted by Crippen LogP contribution is 2.19. The van der Waals surface area contributed by atoms with Gasteiger partial charge in [0.15, 0.2) is 9.84 Å². The summed E-state index contributed by atoms with van der Waals surface area (Å²) < 4.78 is 24.1. The molecule has 1 amide bonds. The zero-order valence-corrected chi connectivity index (χ0v) is 14.9. The average Bonchev–Trinajstić information content (AvgIpc) is 2.55. The number of hydrogen-bond donors (Lipinski definition) is 1. The van der Waals surface area contributed by atoms with Crippen LogP contribution in [-0.4, -0.2) is 25.8 Å². The number of amides is 1. The van der Waals surface area contributed by atoms with Crippen molar-refractivity contribution in [2.75, 3.05) is 11.6 Å². The fraction of sp³-hybridized carbons (Fsp3) is 0.235. The minimum Gasteiger partial charge on any atom is -0.322 e. The molecule has 0 atom stereocenters. The third-order valence-corrected chi connectivity index (χ3v) is 6.33. The van der Waals surface area contributed by atoms with Crippen molar-refractivity contribution in [2.24, 2.45) is 0 Å². The highest BCUT2D eigenvalue weighted by atomic mass is 32.2. The highest BCUT2D eigenvalue weighted by molar-refractivity contribution is 7.98. The van der Waals surface area contributed by atoms with Crippen LogP contribution in [-0.2, 0) is 9.84 Å². The lowest BCUT2D eigenvalue weighted by molar-refractivity contribution is 0.102. The highest BCUT2D eigenvalue weighted by Gasteiger charge is 2.19. The molecule has 0 aliphatic carbocycles. The Morgan fingerprint density at radius 2 is 1.57 bits per heavy atom. The van der Waals surface area contributed by atoms with E-state index in [4.69, 9.17) is 0 Å². The van der Waals surface area contributed by atoms with Gasteiger partial charge in [-0.3, -0.25) is 4.79 Å². The second-order valence-electron chi connectivity index (χ2n) is 5.30. The number of carbonyl (C=O) groups excluding carboxylic acids is 1. The fourth-order valence-corrected chi connectivity index (χ4v) is 3.41. The molecule has 1 N–H and O–H groups in total. The standard InChI is InChI=1S/C17H19NO3S2/c1-12(2)23(20,21)16-10-4-13(5-11-16)17(19)18-14-6-8-15(22-3)9-7-14/h4-12H,1-3H3,(H,18,19). The van der Waals surface area contributed by atoms with Crippen molar-refractivity contribution in [3.63, 3.8) is 0 Å². The number of carbonyl (C=O) groups is 1. The van der Waals surface area contributed by atoms with Crippen LogP contribution < -0.4 is 5.32 Å². The van der Waals surface area contributed by atoms with Crippen LogP contribution in [0.1, 0.15) is 24.2 Å². The maximum atomic E-state index is 12.2. The van der Waals surface area contributed by atoms with E-state index in [1.165, 1.54) is 24.3 Å². The van der Waals surface area contributed by atoms with Crippen LogP contribution in [0.2, 0.25) is 0 Å². The lowest BCUT2D eigenvalue weighted by Crippen LogP contribution is -2.15. The molecule has 0 radical (unpaired) electrons. The molecule has 0 aliphatic heterocycles. The molecule has 23 heavy (non-hydrogen) atoms. The first-order valence-corrected chi connectivity index (χ1v) is 9.91. The Hall–Kier alpha value is -1.79. The van der Waals surface area contributed by atoms with Crippen molar-refractivity contribution >= 4 is 33.2 Å². The molecular weight excluding hydrogens is 330 g/mol. The Bertz CT molecular complexity index is 780. The van der Waals surface area contributed by atoms with Gasteiger partial charge in [0.05, 0.1) is 10.1 Å².